The third kappa shape index (κ3) is 4.81. The molecular weight excluding hydrogens is 158 g/mol. The smallest absolute Gasteiger partial charge is 0.343 e. The van der Waals surface area contributed by atoms with E-state index in [2.05, 4.69) is 20.8 Å². The summed E-state index contributed by atoms with van der Waals surface area (Å²) < 4.78 is 0. The molecule has 0 amide bonds. The molecule has 0 radical (unpaired) electrons. The maximum Gasteiger partial charge on any atom is 1.00 e. The molecule has 0 nitrogen and oxygen atoms in total. The Bertz CT molecular complexity index is 125. The van der Waals surface area contributed by atoms with Gasteiger partial charge in [-0.3, -0.25) is 0 Å². The van der Waals surface area contributed by atoms with Crippen molar-refractivity contribution in [2.45, 2.75) is 45.4 Å². The van der Waals surface area contributed by atoms with Crippen LogP contribution in [0.15, 0.2) is 0 Å². The van der Waals surface area contributed by atoms with E-state index in [0.717, 1.165) is 30.6 Å². The third-order valence-electron chi connectivity index (χ3n) is 3.55. The second-order valence-corrected chi connectivity index (χ2v) is 4.18. The molecule has 72 valence electrons. The van der Waals surface area contributed by atoms with E-state index in [0.29, 0.717) is 0 Å². The summed E-state index contributed by atoms with van der Waals surface area (Å²) in [5.74, 6) is 2.78. The molecule has 0 bridgehead atoms. The molecule has 2 heteroatoms. The second kappa shape index (κ2) is 9.42. The molecule has 1 fully saturated rings. The molecule has 0 heterocycles. The minimum Gasteiger partial charge on any atom is -0.343 e. The first kappa shape index (κ1) is 17.6. The SMILES string of the molecule is [CH2-]CC1CCC(C[CH2-])C(CC)C1.[Li+].[Li+]. The van der Waals surface area contributed by atoms with Crippen LogP contribution in [-0.2, 0) is 0 Å². The number of hydrogen-bond donors (Lipinski definition) is 0. The maximum atomic E-state index is 4.04. The maximum absolute atomic E-state index is 4.04. The monoisotopic (exact) mass is 180 g/mol. The summed E-state index contributed by atoms with van der Waals surface area (Å²) in [6, 6.07) is 0. The summed E-state index contributed by atoms with van der Waals surface area (Å²) in [7, 11) is 0. The van der Waals surface area contributed by atoms with Crippen molar-refractivity contribution in [3.63, 3.8) is 0 Å². The van der Waals surface area contributed by atoms with Crippen LogP contribution < -0.4 is 37.7 Å². The van der Waals surface area contributed by atoms with Gasteiger partial charge in [-0.2, -0.15) is 12.8 Å². The number of hydrogen-bond acceptors (Lipinski definition) is 0. The van der Waals surface area contributed by atoms with Gasteiger partial charge in [-0.1, -0.05) is 38.0 Å². The van der Waals surface area contributed by atoms with Crippen LogP contribution in [0.1, 0.15) is 45.4 Å². The van der Waals surface area contributed by atoms with Crippen LogP contribution in [0.2, 0.25) is 0 Å². The van der Waals surface area contributed by atoms with E-state index >= 15 is 0 Å². The van der Waals surface area contributed by atoms with Gasteiger partial charge >= 0.3 is 37.7 Å². The van der Waals surface area contributed by atoms with Crippen molar-refractivity contribution >= 4 is 0 Å². The van der Waals surface area contributed by atoms with E-state index in [1.165, 1.54) is 25.7 Å². The molecule has 1 aliphatic rings. The van der Waals surface area contributed by atoms with Crippen LogP contribution in [-0.4, -0.2) is 0 Å². The van der Waals surface area contributed by atoms with Crippen molar-refractivity contribution in [3.8, 4) is 0 Å². The zero-order valence-electron chi connectivity index (χ0n) is 10.4. The summed E-state index contributed by atoms with van der Waals surface area (Å²) >= 11 is 0. The minimum atomic E-state index is 0. The van der Waals surface area contributed by atoms with E-state index in [-0.39, 0.29) is 37.7 Å². The fourth-order valence-corrected chi connectivity index (χ4v) is 2.57. The molecule has 1 rings (SSSR count). The van der Waals surface area contributed by atoms with Crippen molar-refractivity contribution in [2.75, 3.05) is 0 Å². The molecule has 14 heavy (non-hydrogen) atoms. The average Bonchev–Trinajstić information content (AvgIpc) is 2.16. The molecule has 0 N–H and O–H groups in total. The molecule has 0 aliphatic heterocycles. The molecular formula is C12H22Li2. The van der Waals surface area contributed by atoms with E-state index in [1.807, 2.05) is 0 Å². The Balaban J connectivity index is 0. The van der Waals surface area contributed by atoms with Crippen LogP contribution >= 0.6 is 0 Å². The van der Waals surface area contributed by atoms with Crippen LogP contribution in [0.25, 0.3) is 0 Å². The fraction of sp³-hybridized carbons (Fsp3) is 0.833. The Morgan fingerprint density at radius 1 is 1.00 bits per heavy atom. The summed E-state index contributed by atoms with van der Waals surface area (Å²) in [5.41, 5.74) is 0. The van der Waals surface area contributed by atoms with Crippen molar-refractivity contribution < 1.29 is 37.7 Å². The van der Waals surface area contributed by atoms with Gasteiger partial charge in [0.05, 0.1) is 0 Å². The summed E-state index contributed by atoms with van der Waals surface area (Å²) in [5, 5.41) is 0. The first-order valence-corrected chi connectivity index (χ1v) is 5.40. The summed E-state index contributed by atoms with van der Waals surface area (Å²) in [6.07, 6.45) is 7.85. The largest absolute Gasteiger partial charge is 1.00 e. The van der Waals surface area contributed by atoms with E-state index in [4.69, 9.17) is 0 Å². The molecule has 0 saturated heterocycles. The third-order valence-corrected chi connectivity index (χ3v) is 3.55. The molecule has 3 unspecified atom stereocenters. The van der Waals surface area contributed by atoms with Gasteiger partial charge in [-0.05, 0) is 12.3 Å². The van der Waals surface area contributed by atoms with Crippen molar-refractivity contribution in [2.24, 2.45) is 17.8 Å². The minimum absolute atomic E-state index is 0. The van der Waals surface area contributed by atoms with Gasteiger partial charge in [0.2, 0.25) is 0 Å². The van der Waals surface area contributed by atoms with Gasteiger partial charge in [0.15, 0.2) is 0 Å². The van der Waals surface area contributed by atoms with Crippen molar-refractivity contribution in [1.29, 1.82) is 0 Å². The zero-order chi connectivity index (χ0) is 8.97. The number of rotatable bonds is 3. The quantitative estimate of drug-likeness (QED) is 0.344. The van der Waals surface area contributed by atoms with Gasteiger partial charge in [0, 0.05) is 0 Å². The van der Waals surface area contributed by atoms with Gasteiger partial charge in [-0.15, -0.1) is 0 Å². The predicted molar refractivity (Wildman–Crippen MR) is 54.6 cm³/mol. The Morgan fingerprint density at radius 2 is 1.64 bits per heavy atom. The second-order valence-electron chi connectivity index (χ2n) is 4.18. The van der Waals surface area contributed by atoms with Gasteiger partial charge in [0.1, 0.15) is 0 Å². The molecule has 0 aromatic carbocycles. The van der Waals surface area contributed by atoms with Crippen LogP contribution in [0.5, 0.6) is 0 Å². The fourth-order valence-electron chi connectivity index (χ4n) is 2.57. The first-order chi connectivity index (χ1) is 5.81. The van der Waals surface area contributed by atoms with Crippen LogP contribution in [0, 0.1) is 31.6 Å². The molecule has 0 aromatic rings. The van der Waals surface area contributed by atoms with Crippen molar-refractivity contribution in [1.82, 2.24) is 0 Å². The van der Waals surface area contributed by atoms with Gasteiger partial charge in [-0.25, -0.2) is 0 Å². The molecule has 1 aliphatic carbocycles. The Labute approximate surface area is 114 Å². The van der Waals surface area contributed by atoms with Crippen molar-refractivity contribution in [3.05, 3.63) is 13.8 Å². The van der Waals surface area contributed by atoms with Crippen LogP contribution in [0.3, 0.4) is 0 Å². The van der Waals surface area contributed by atoms with Crippen LogP contribution in [0.4, 0.5) is 0 Å². The Hall–Kier alpha value is 1.19. The zero-order valence-corrected chi connectivity index (χ0v) is 10.4. The first-order valence-electron chi connectivity index (χ1n) is 5.40. The van der Waals surface area contributed by atoms with E-state index in [1.54, 1.807) is 0 Å². The standard InChI is InChI=1S/C12H22.2Li/c1-4-10-7-8-11(5-2)12(6-3)9-10;;/h10-12H,1-2,4-9H2,3H3;;/q-2;2*+1. The molecule has 1 saturated carbocycles. The normalized spacial score (nSPS) is 31.5. The van der Waals surface area contributed by atoms with E-state index < -0.39 is 0 Å². The van der Waals surface area contributed by atoms with E-state index in [9.17, 15) is 0 Å². The van der Waals surface area contributed by atoms with Gasteiger partial charge < -0.3 is 13.8 Å². The topological polar surface area (TPSA) is 0 Å². The molecule has 0 spiro atoms. The summed E-state index contributed by atoms with van der Waals surface area (Å²) in [4.78, 5) is 0. The predicted octanol–water partition coefficient (Wildman–Crippen LogP) is -2.11. The molecule has 3 atom stereocenters. The molecule has 0 aromatic heterocycles. The van der Waals surface area contributed by atoms with Gasteiger partial charge in [0.25, 0.3) is 0 Å². The average molecular weight is 180 g/mol. The Morgan fingerprint density at radius 3 is 2.07 bits per heavy atom. The summed E-state index contributed by atoms with van der Waals surface area (Å²) in [6.45, 7) is 10.4. The Kier molecular flexibility index (Phi) is 11.8.